The monoisotopic (exact) mass is 284 g/mol. The van der Waals surface area contributed by atoms with Gasteiger partial charge in [-0.25, -0.2) is 0 Å². The van der Waals surface area contributed by atoms with Crippen molar-refractivity contribution < 1.29 is 4.79 Å². The van der Waals surface area contributed by atoms with E-state index in [1.807, 2.05) is 23.1 Å². The second-order valence-corrected chi connectivity index (χ2v) is 5.93. The van der Waals surface area contributed by atoms with Crippen LogP contribution < -0.4 is 5.56 Å². The Morgan fingerprint density at radius 1 is 1.24 bits per heavy atom. The van der Waals surface area contributed by atoms with Gasteiger partial charge in [0.2, 0.25) is 0 Å². The minimum atomic E-state index is -0.195. The number of hydrogen-bond donors (Lipinski definition) is 1. The summed E-state index contributed by atoms with van der Waals surface area (Å²) in [6, 6.07) is 9.13. The van der Waals surface area contributed by atoms with Crippen LogP contribution in [0.2, 0.25) is 0 Å². The Kier molecular flexibility index (Phi) is 3.78. The summed E-state index contributed by atoms with van der Waals surface area (Å²) in [4.78, 5) is 29.3. The number of carbonyl (C=O) groups is 1. The standard InChI is InChI=1S/C17H20N2O2/c1-12-5-4-9-19(10-8-12)17(21)15-11-13-6-2-3-7-14(13)16(20)18-15/h2-3,6-7,11-12H,4-5,8-10H2,1H3,(H,18,20). The van der Waals surface area contributed by atoms with Crippen molar-refractivity contribution in [2.75, 3.05) is 13.1 Å². The zero-order valence-electron chi connectivity index (χ0n) is 12.3. The fourth-order valence-corrected chi connectivity index (χ4v) is 2.96. The minimum Gasteiger partial charge on any atom is -0.337 e. The molecule has 1 amide bonds. The van der Waals surface area contributed by atoms with Crippen LogP contribution in [0, 0.1) is 5.92 Å². The Morgan fingerprint density at radius 3 is 2.90 bits per heavy atom. The molecule has 1 saturated heterocycles. The highest BCUT2D eigenvalue weighted by atomic mass is 16.2. The Balaban J connectivity index is 1.92. The molecule has 3 rings (SSSR count). The van der Waals surface area contributed by atoms with Gasteiger partial charge in [-0.1, -0.05) is 25.1 Å². The van der Waals surface area contributed by atoms with Gasteiger partial charge < -0.3 is 9.88 Å². The average molecular weight is 284 g/mol. The Morgan fingerprint density at radius 2 is 2.05 bits per heavy atom. The molecule has 1 fully saturated rings. The zero-order valence-corrected chi connectivity index (χ0v) is 12.3. The predicted octanol–water partition coefficient (Wildman–Crippen LogP) is 2.79. The summed E-state index contributed by atoms with van der Waals surface area (Å²) in [5.74, 6) is 0.602. The summed E-state index contributed by atoms with van der Waals surface area (Å²) < 4.78 is 0. The summed E-state index contributed by atoms with van der Waals surface area (Å²) in [6.07, 6.45) is 3.23. The molecule has 0 saturated carbocycles. The molecule has 1 aliphatic rings. The van der Waals surface area contributed by atoms with Gasteiger partial charge >= 0.3 is 0 Å². The number of aromatic nitrogens is 1. The summed E-state index contributed by atoms with van der Waals surface area (Å²) in [5.41, 5.74) is 0.202. The topological polar surface area (TPSA) is 53.2 Å². The minimum absolute atomic E-state index is 0.0630. The van der Waals surface area contributed by atoms with Crippen LogP contribution in [0.5, 0.6) is 0 Å². The first kappa shape index (κ1) is 13.9. The Labute approximate surface area is 123 Å². The fraction of sp³-hybridized carbons (Fsp3) is 0.412. The molecule has 4 nitrogen and oxygen atoms in total. The number of hydrogen-bond acceptors (Lipinski definition) is 2. The van der Waals surface area contributed by atoms with Crippen LogP contribution >= 0.6 is 0 Å². The number of benzene rings is 1. The number of aromatic amines is 1. The normalized spacial score (nSPS) is 19.5. The summed E-state index contributed by atoms with van der Waals surface area (Å²) in [7, 11) is 0. The van der Waals surface area contributed by atoms with Gasteiger partial charge in [0.1, 0.15) is 5.69 Å². The number of nitrogens with one attached hydrogen (secondary N) is 1. The van der Waals surface area contributed by atoms with Gasteiger partial charge in [0, 0.05) is 18.5 Å². The maximum absolute atomic E-state index is 12.6. The van der Waals surface area contributed by atoms with Crippen LogP contribution in [0.4, 0.5) is 0 Å². The molecule has 4 heteroatoms. The van der Waals surface area contributed by atoms with Crippen molar-refractivity contribution in [3.05, 3.63) is 46.4 Å². The van der Waals surface area contributed by atoms with E-state index in [-0.39, 0.29) is 11.5 Å². The molecular weight excluding hydrogens is 264 g/mol. The van der Waals surface area contributed by atoms with Gasteiger partial charge in [-0.05, 0) is 42.7 Å². The molecule has 0 spiro atoms. The summed E-state index contributed by atoms with van der Waals surface area (Å²) in [6.45, 7) is 3.78. The SMILES string of the molecule is CC1CCCN(C(=O)c2cc3ccccc3c(=O)[nH]2)CC1. The highest BCUT2D eigenvalue weighted by Crippen LogP contribution is 2.18. The molecule has 1 aliphatic heterocycles. The highest BCUT2D eigenvalue weighted by molar-refractivity contribution is 5.96. The lowest BCUT2D eigenvalue weighted by atomic mass is 10.0. The van der Waals surface area contributed by atoms with E-state index < -0.39 is 0 Å². The van der Waals surface area contributed by atoms with E-state index in [1.165, 1.54) is 0 Å². The summed E-state index contributed by atoms with van der Waals surface area (Å²) in [5, 5.41) is 1.44. The number of rotatable bonds is 1. The number of carbonyl (C=O) groups excluding carboxylic acids is 1. The van der Waals surface area contributed by atoms with E-state index >= 15 is 0 Å². The quantitative estimate of drug-likeness (QED) is 0.875. The maximum Gasteiger partial charge on any atom is 0.270 e. The average Bonchev–Trinajstić information content (AvgIpc) is 2.71. The third kappa shape index (κ3) is 2.84. The van der Waals surface area contributed by atoms with Gasteiger partial charge in [0.15, 0.2) is 0 Å². The predicted molar refractivity (Wildman–Crippen MR) is 83.5 cm³/mol. The first-order valence-electron chi connectivity index (χ1n) is 7.56. The van der Waals surface area contributed by atoms with Gasteiger partial charge in [0.25, 0.3) is 11.5 Å². The number of fused-ring (bicyclic) bond motifs is 1. The van der Waals surface area contributed by atoms with Crippen molar-refractivity contribution in [2.45, 2.75) is 26.2 Å². The first-order valence-corrected chi connectivity index (χ1v) is 7.56. The Hall–Kier alpha value is -2.10. The summed E-state index contributed by atoms with van der Waals surface area (Å²) >= 11 is 0. The molecule has 2 heterocycles. The van der Waals surface area contributed by atoms with Crippen LogP contribution in [0.15, 0.2) is 35.1 Å². The largest absolute Gasteiger partial charge is 0.337 e. The van der Waals surface area contributed by atoms with Gasteiger partial charge in [-0.3, -0.25) is 9.59 Å². The maximum atomic E-state index is 12.6. The third-order valence-corrected chi connectivity index (χ3v) is 4.29. The number of amides is 1. The van der Waals surface area contributed by atoms with Gasteiger partial charge in [-0.2, -0.15) is 0 Å². The van der Waals surface area contributed by atoms with Gasteiger partial charge in [0.05, 0.1) is 0 Å². The highest BCUT2D eigenvalue weighted by Gasteiger charge is 2.20. The van der Waals surface area contributed by atoms with Crippen LogP contribution in [0.3, 0.4) is 0 Å². The van der Waals surface area contributed by atoms with E-state index in [4.69, 9.17) is 0 Å². The van der Waals surface area contributed by atoms with Crippen molar-refractivity contribution >= 4 is 16.7 Å². The van der Waals surface area contributed by atoms with E-state index in [1.54, 1.807) is 12.1 Å². The molecule has 21 heavy (non-hydrogen) atoms. The molecule has 1 aromatic carbocycles. The molecular formula is C17H20N2O2. The molecule has 1 atom stereocenters. The lowest BCUT2D eigenvalue weighted by Crippen LogP contribution is -2.33. The first-order chi connectivity index (χ1) is 10.1. The molecule has 2 aromatic rings. The van der Waals surface area contributed by atoms with E-state index in [9.17, 15) is 9.59 Å². The van der Waals surface area contributed by atoms with E-state index in [0.717, 1.165) is 37.7 Å². The second-order valence-electron chi connectivity index (χ2n) is 5.93. The Bertz CT molecular complexity index is 720. The number of H-pyrrole nitrogens is 1. The molecule has 1 N–H and O–H groups in total. The van der Waals surface area contributed by atoms with Crippen molar-refractivity contribution in [2.24, 2.45) is 5.92 Å². The van der Waals surface area contributed by atoms with Crippen molar-refractivity contribution in [1.82, 2.24) is 9.88 Å². The number of pyridine rings is 1. The zero-order chi connectivity index (χ0) is 14.8. The molecule has 0 bridgehead atoms. The smallest absolute Gasteiger partial charge is 0.270 e. The van der Waals surface area contributed by atoms with Gasteiger partial charge in [-0.15, -0.1) is 0 Å². The van der Waals surface area contributed by atoms with Crippen LogP contribution in [0.25, 0.3) is 10.8 Å². The van der Waals surface area contributed by atoms with E-state index in [2.05, 4.69) is 11.9 Å². The van der Waals surface area contributed by atoms with Crippen molar-refractivity contribution in [3.8, 4) is 0 Å². The molecule has 110 valence electrons. The number of nitrogens with zero attached hydrogens (tertiary/aromatic N) is 1. The van der Waals surface area contributed by atoms with Crippen molar-refractivity contribution in [1.29, 1.82) is 0 Å². The fourth-order valence-electron chi connectivity index (χ4n) is 2.96. The van der Waals surface area contributed by atoms with Crippen molar-refractivity contribution in [3.63, 3.8) is 0 Å². The van der Waals surface area contributed by atoms with E-state index in [0.29, 0.717) is 17.0 Å². The second kappa shape index (κ2) is 5.72. The van der Waals surface area contributed by atoms with Crippen LogP contribution in [-0.4, -0.2) is 28.9 Å². The molecule has 0 radical (unpaired) electrons. The number of likely N-dealkylation sites (tertiary alicyclic amines) is 1. The molecule has 0 aliphatic carbocycles. The molecule has 1 aromatic heterocycles. The third-order valence-electron chi connectivity index (χ3n) is 4.29. The van der Waals surface area contributed by atoms with Crippen LogP contribution in [0.1, 0.15) is 36.7 Å². The van der Waals surface area contributed by atoms with Crippen LogP contribution in [-0.2, 0) is 0 Å². The molecule has 1 unspecified atom stereocenters. The lowest BCUT2D eigenvalue weighted by Gasteiger charge is -2.20. The lowest BCUT2D eigenvalue weighted by molar-refractivity contribution is 0.0754.